The molecule has 1 rings (SSSR count). The predicted molar refractivity (Wildman–Crippen MR) is 71.4 cm³/mol. The lowest BCUT2D eigenvalue weighted by Gasteiger charge is -2.24. The van der Waals surface area contributed by atoms with Gasteiger partial charge in [-0.05, 0) is 19.1 Å². The van der Waals surface area contributed by atoms with Crippen molar-refractivity contribution in [3.8, 4) is 6.07 Å². The van der Waals surface area contributed by atoms with Crippen molar-refractivity contribution in [3.05, 3.63) is 29.8 Å². The van der Waals surface area contributed by atoms with E-state index >= 15 is 0 Å². The number of thioether (sulfide) groups is 1. The predicted octanol–water partition coefficient (Wildman–Crippen LogP) is 1.76. The van der Waals surface area contributed by atoms with E-state index in [9.17, 15) is 4.79 Å². The SMILES string of the molecule is CC(CO)N(C)C(=O)c1ccccc1SCC#N. The van der Waals surface area contributed by atoms with Crippen LogP contribution in [0.3, 0.4) is 0 Å². The summed E-state index contributed by atoms with van der Waals surface area (Å²) in [7, 11) is 1.66. The summed E-state index contributed by atoms with van der Waals surface area (Å²) in [5.41, 5.74) is 0.570. The largest absolute Gasteiger partial charge is 0.394 e. The van der Waals surface area contributed by atoms with Crippen LogP contribution in [-0.4, -0.2) is 41.4 Å². The summed E-state index contributed by atoms with van der Waals surface area (Å²) in [6.07, 6.45) is 0. The van der Waals surface area contributed by atoms with Crippen LogP contribution in [0, 0.1) is 11.3 Å². The lowest BCUT2D eigenvalue weighted by molar-refractivity contribution is 0.0679. The average molecular weight is 264 g/mol. The van der Waals surface area contributed by atoms with Gasteiger partial charge in [-0.2, -0.15) is 5.26 Å². The van der Waals surface area contributed by atoms with Gasteiger partial charge in [0.15, 0.2) is 0 Å². The first-order valence-electron chi connectivity index (χ1n) is 5.58. The highest BCUT2D eigenvalue weighted by Crippen LogP contribution is 2.23. The van der Waals surface area contributed by atoms with E-state index in [2.05, 4.69) is 0 Å². The molecule has 0 fully saturated rings. The van der Waals surface area contributed by atoms with Gasteiger partial charge in [0, 0.05) is 11.9 Å². The van der Waals surface area contributed by atoms with E-state index in [0.29, 0.717) is 11.3 Å². The van der Waals surface area contributed by atoms with E-state index in [-0.39, 0.29) is 18.6 Å². The summed E-state index contributed by atoms with van der Waals surface area (Å²) < 4.78 is 0. The number of benzene rings is 1. The number of carbonyl (C=O) groups is 1. The van der Waals surface area contributed by atoms with Crippen LogP contribution in [0.25, 0.3) is 0 Å². The summed E-state index contributed by atoms with van der Waals surface area (Å²) in [5, 5.41) is 17.7. The van der Waals surface area contributed by atoms with Crippen LogP contribution >= 0.6 is 11.8 Å². The van der Waals surface area contributed by atoms with Gasteiger partial charge in [-0.3, -0.25) is 4.79 Å². The van der Waals surface area contributed by atoms with Crippen LogP contribution in [-0.2, 0) is 0 Å². The molecular formula is C13H16N2O2S. The molecule has 1 atom stereocenters. The second-order valence-electron chi connectivity index (χ2n) is 3.89. The summed E-state index contributed by atoms with van der Waals surface area (Å²) >= 11 is 1.34. The van der Waals surface area contributed by atoms with Crippen molar-refractivity contribution in [1.29, 1.82) is 5.26 Å². The van der Waals surface area contributed by atoms with Crippen molar-refractivity contribution in [2.45, 2.75) is 17.9 Å². The molecule has 0 radical (unpaired) electrons. The molecule has 1 aromatic rings. The summed E-state index contributed by atoms with van der Waals surface area (Å²) in [4.78, 5) is 14.5. The molecule has 0 saturated heterocycles. The Morgan fingerprint density at radius 1 is 1.56 bits per heavy atom. The molecule has 0 heterocycles. The molecular weight excluding hydrogens is 248 g/mol. The zero-order chi connectivity index (χ0) is 13.5. The molecule has 0 aromatic heterocycles. The minimum atomic E-state index is -0.230. The third-order valence-corrected chi connectivity index (χ3v) is 3.60. The molecule has 1 N–H and O–H groups in total. The number of nitrogens with zero attached hydrogens (tertiary/aromatic N) is 2. The third kappa shape index (κ3) is 3.49. The summed E-state index contributed by atoms with van der Waals surface area (Å²) in [6.45, 7) is 1.71. The Morgan fingerprint density at radius 2 is 2.22 bits per heavy atom. The van der Waals surface area contributed by atoms with E-state index in [1.54, 1.807) is 26.1 Å². The Hall–Kier alpha value is -1.51. The van der Waals surface area contributed by atoms with E-state index in [1.165, 1.54) is 16.7 Å². The van der Waals surface area contributed by atoms with Gasteiger partial charge < -0.3 is 10.0 Å². The maximum Gasteiger partial charge on any atom is 0.255 e. The topological polar surface area (TPSA) is 64.3 Å². The first-order chi connectivity index (χ1) is 8.61. The fourth-order valence-corrected chi connectivity index (χ4v) is 2.10. The third-order valence-electron chi connectivity index (χ3n) is 2.66. The van der Waals surface area contributed by atoms with Crippen LogP contribution in [0.2, 0.25) is 0 Å². The molecule has 0 spiro atoms. The molecule has 0 aliphatic heterocycles. The second-order valence-corrected chi connectivity index (χ2v) is 4.91. The van der Waals surface area contributed by atoms with Gasteiger partial charge in [0.1, 0.15) is 0 Å². The normalized spacial score (nSPS) is 11.7. The molecule has 96 valence electrons. The van der Waals surface area contributed by atoms with Gasteiger partial charge in [-0.1, -0.05) is 12.1 Å². The van der Waals surface area contributed by atoms with Crippen molar-refractivity contribution in [1.82, 2.24) is 4.90 Å². The van der Waals surface area contributed by atoms with Crippen molar-refractivity contribution in [2.75, 3.05) is 19.4 Å². The van der Waals surface area contributed by atoms with E-state index in [4.69, 9.17) is 10.4 Å². The van der Waals surface area contributed by atoms with E-state index in [0.717, 1.165) is 4.90 Å². The number of aliphatic hydroxyl groups is 1. The highest BCUT2D eigenvalue weighted by atomic mass is 32.2. The number of carbonyl (C=O) groups excluding carboxylic acids is 1. The maximum atomic E-state index is 12.2. The molecule has 1 amide bonds. The van der Waals surface area contributed by atoms with Crippen molar-refractivity contribution in [3.63, 3.8) is 0 Å². The Kier molecular flexibility index (Phi) is 5.69. The van der Waals surface area contributed by atoms with E-state index in [1.807, 2.05) is 18.2 Å². The number of hydrogen-bond donors (Lipinski definition) is 1. The van der Waals surface area contributed by atoms with Crippen molar-refractivity contribution in [2.24, 2.45) is 0 Å². The first-order valence-corrected chi connectivity index (χ1v) is 6.57. The van der Waals surface area contributed by atoms with Crippen LogP contribution < -0.4 is 0 Å². The summed E-state index contributed by atoms with van der Waals surface area (Å²) in [6, 6.07) is 9.01. The standard InChI is InChI=1S/C13H16N2O2S/c1-10(9-16)15(2)13(17)11-5-3-4-6-12(11)18-8-7-14/h3-6,10,16H,8-9H2,1-2H3. The Bertz CT molecular complexity index is 457. The lowest BCUT2D eigenvalue weighted by atomic mass is 10.2. The minimum absolute atomic E-state index is 0.0737. The zero-order valence-electron chi connectivity index (χ0n) is 10.5. The van der Waals surface area contributed by atoms with E-state index < -0.39 is 0 Å². The molecule has 4 nitrogen and oxygen atoms in total. The monoisotopic (exact) mass is 264 g/mol. The van der Waals surface area contributed by atoms with Gasteiger partial charge >= 0.3 is 0 Å². The molecule has 1 unspecified atom stereocenters. The number of likely N-dealkylation sites (N-methyl/N-ethyl adjacent to an activating group) is 1. The molecule has 18 heavy (non-hydrogen) atoms. The lowest BCUT2D eigenvalue weighted by Crippen LogP contribution is -2.37. The first kappa shape index (κ1) is 14.6. The number of rotatable bonds is 5. The Balaban J connectivity index is 2.95. The maximum absolute atomic E-state index is 12.2. The van der Waals surface area contributed by atoms with Gasteiger partial charge in [-0.15, -0.1) is 11.8 Å². The van der Waals surface area contributed by atoms with Crippen molar-refractivity contribution < 1.29 is 9.90 Å². The molecule has 0 aliphatic rings. The van der Waals surface area contributed by atoms with Crippen LogP contribution in [0.4, 0.5) is 0 Å². The number of nitriles is 1. The van der Waals surface area contributed by atoms with Gasteiger partial charge in [0.25, 0.3) is 5.91 Å². The molecule has 0 bridgehead atoms. The molecule has 0 aliphatic carbocycles. The highest BCUT2D eigenvalue weighted by molar-refractivity contribution is 7.99. The Labute approximate surface area is 111 Å². The van der Waals surface area contributed by atoms with Crippen LogP contribution in [0.15, 0.2) is 29.2 Å². The van der Waals surface area contributed by atoms with Crippen LogP contribution in [0.5, 0.6) is 0 Å². The fourth-order valence-electron chi connectivity index (χ4n) is 1.39. The minimum Gasteiger partial charge on any atom is -0.394 e. The fraction of sp³-hybridized carbons (Fsp3) is 0.385. The van der Waals surface area contributed by atoms with Gasteiger partial charge in [-0.25, -0.2) is 0 Å². The highest BCUT2D eigenvalue weighted by Gasteiger charge is 2.19. The molecule has 1 aromatic carbocycles. The number of aliphatic hydroxyl groups excluding tert-OH is 1. The molecule has 0 saturated carbocycles. The van der Waals surface area contributed by atoms with Crippen LogP contribution in [0.1, 0.15) is 17.3 Å². The summed E-state index contributed by atoms with van der Waals surface area (Å²) in [5.74, 6) is 0.168. The number of hydrogen-bond acceptors (Lipinski definition) is 4. The quantitative estimate of drug-likeness (QED) is 0.823. The average Bonchev–Trinajstić information content (AvgIpc) is 2.42. The second kappa shape index (κ2) is 7.04. The Morgan fingerprint density at radius 3 is 2.83 bits per heavy atom. The number of amides is 1. The van der Waals surface area contributed by atoms with Crippen molar-refractivity contribution >= 4 is 17.7 Å². The van der Waals surface area contributed by atoms with Gasteiger partial charge in [0.2, 0.25) is 0 Å². The smallest absolute Gasteiger partial charge is 0.255 e. The van der Waals surface area contributed by atoms with Gasteiger partial charge in [0.05, 0.1) is 30.0 Å². The molecule has 5 heteroatoms. The zero-order valence-corrected chi connectivity index (χ0v) is 11.3.